The first kappa shape index (κ1) is 14.0. The summed E-state index contributed by atoms with van der Waals surface area (Å²) in [5.41, 5.74) is 8.75. The van der Waals surface area contributed by atoms with E-state index in [1.54, 1.807) is 11.8 Å². The predicted molar refractivity (Wildman–Crippen MR) is 88.7 cm³/mol. The van der Waals surface area contributed by atoms with Gasteiger partial charge in [-0.3, -0.25) is 4.79 Å². The van der Waals surface area contributed by atoms with E-state index < -0.39 is 0 Å². The van der Waals surface area contributed by atoms with E-state index in [4.69, 9.17) is 5.73 Å². The molecule has 1 heterocycles. The molecular formula is C17H18N2OS. The Hall–Kier alpha value is -1.94. The minimum absolute atomic E-state index is 0.111. The largest absolute Gasteiger partial charge is 0.399 e. The number of rotatable bonds is 3. The summed E-state index contributed by atoms with van der Waals surface area (Å²) in [4.78, 5) is 15.6. The van der Waals surface area contributed by atoms with Crippen LogP contribution < -0.4 is 10.6 Å². The van der Waals surface area contributed by atoms with Gasteiger partial charge in [-0.1, -0.05) is 18.2 Å². The number of carbonyl (C=O) groups is 1. The number of hydrogen-bond acceptors (Lipinski definition) is 3. The van der Waals surface area contributed by atoms with Gasteiger partial charge in [0.1, 0.15) is 0 Å². The third-order valence-electron chi connectivity index (χ3n) is 3.69. The summed E-state index contributed by atoms with van der Waals surface area (Å²) in [7, 11) is 0. The highest BCUT2D eigenvalue weighted by Crippen LogP contribution is 2.31. The Balaban J connectivity index is 1.72. The molecule has 2 aromatic rings. The molecule has 0 aliphatic carbocycles. The molecule has 0 fully saturated rings. The number of nitrogens with two attached hydrogens (primary N) is 1. The molecule has 0 saturated heterocycles. The van der Waals surface area contributed by atoms with Crippen molar-refractivity contribution in [3.8, 4) is 0 Å². The molecule has 1 atom stereocenters. The van der Waals surface area contributed by atoms with Crippen molar-refractivity contribution in [1.82, 2.24) is 0 Å². The van der Waals surface area contributed by atoms with Gasteiger partial charge in [0.05, 0.1) is 5.25 Å². The quantitative estimate of drug-likeness (QED) is 0.698. The van der Waals surface area contributed by atoms with E-state index in [1.165, 1.54) is 5.56 Å². The average Bonchev–Trinajstić information content (AvgIpc) is 2.92. The summed E-state index contributed by atoms with van der Waals surface area (Å²) in [6.07, 6.45) is 0.946. The topological polar surface area (TPSA) is 46.3 Å². The molecule has 3 rings (SSSR count). The number of para-hydroxylation sites is 1. The fourth-order valence-electron chi connectivity index (χ4n) is 2.59. The molecule has 0 bridgehead atoms. The Morgan fingerprint density at radius 2 is 1.90 bits per heavy atom. The number of anilines is 2. The number of fused-ring (bicyclic) bond motifs is 1. The van der Waals surface area contributed by atoms with E-state index in [0.717, 1.165) is 29.2 Å². The van der Waals surface area contributed by atoms with Crippen LogP contribution in [-0.2, 0) is 11.2 Å². The van der Waals surface area contributed by atoms with Crippen molar-refractivity contribution in [1.29, 1.82) is 0 Å². The minimum Gasteiger partial charge on any atom is -0.399 e. The van der Waals surface area contributed by atoms with Crippen molar-refractivity contribution in [2.45, 2.75) is 23.5 Å². The molecule has 2 aromatic carbocycles. The van der Waals surface area contributed by atoms with Gasteiger partial charge in [-0.15, -0.1) is 11.8 Å². The highest BCUT2D eigenvalue weighted by molar-refractivity contribution is 8.00. The summed E-state index contributed by atoms with van der Waals surface area (Å²) in [6, 6.07) is 15.8. The molecule has 1 unspecified atom stereocenters. The zero-order valence-electron chi connectivity index (χ0n) is 12.0. The molecule has 0 radical (unpaired) electrons. The van der Waals surface area contributed by atoms with Crippen LogP contribution in [-0.4, -0.2) is 17.7 Å². The van der Waals surface area contributed by atoms with Gasteiger partial charge in [0.15, 0.2) is 0 Å². The standard InChI is InChI=1S/C17H18N2OS/c1-12(21-15-8-6-14(18)7-9-15)17(20)19-11-10-13-4-2-3-5-16(13)19/h2-9,12H,10-11,18H2,1H3. The van der Waals surface area contributed by atoms with Crippen molar-refractivity contribution in [2.24, 2.45) is 0 Å². The van der Waals surface area contributed by atoms with E-state index in [1.807, 2.05) is 54.3 Å². The Bertz CT molecular complexity index is 654. The second-order valence-electron chi connectivity index (χ2n) is 5.20. The monoisotopic (exact) mass is 298 g/mol. The SMILES string of the molecule is CC(Sc1ccc(N)cc1)C(=O)N1CCc2ccccc21. The Morgan fingerprint density at radius 1 is 1.19 bits per heavy atom. The van der Waals surface area contributed by atoms with Gasteiger partial charge in [0.25, 0.3) is 0 Å². The van der Waals surface area contributed by atoms with E-state index >= 15 is 0 Å². The van der Waals surface area contributed by atoms with Crippen molar-refractivity contribution in [3.05, 3.63) is 54.1 Å². The van der Waals surface area contributed by atoms with Crippen molar-refractivity contribution < 1.29 is 4.79 Å². The molecule has 0 spiro atoms. The maximum Gasteiger partial charge on any atom is 0.240 e. The number of nitrogen functional groups attached to an aromatic ring is 1. The third-order valence-corrected chi connectivity index (χ3v) is 4.79. The highest BCUT2D eigenvalue weighted by Gasteiger charge is 2.28. The molecule has 1 amide bonds. The second-order valence-corrected chi connectivity index (χ2v) is 6.61. The third kappa shape index (κ3) is 2.90. The van der Waals surface area contributed by atoms with E-state index in [9.17, 15) is 4.79 Å². The lowest BCUT2D eigenvalue weighted by molar-refractivity contribution is -0.117. The van der Waals surface area contributed by atoms with Crippen LogP contribution in [0.25, 0.3) is 0 Å². The Labute approximate surface area is 129 Å². The number of thioether (sulfide) groups is 1. The van der Waals surface area contributed by atoms with Crippen LogP contribution in [0, 0.1) is 0 Å². The summed E-state index contributed by atoms with van der Waals surface area (Å²) >= 11 is 1.58. The molecule has 1 aliphatic rings. The van der Waals surface area contributed by atoms with Gasteiger partial charge in [0.2, 0.25) is 5.91 Å². The number of nitrogens with zero attached hydrogens (tertiary/aromatic N) is 1. The average molecular weight is 298 g/mol. The van der Waals surface area contributed by atoms with Crippen molar-refractivity contribution in [3.63, 3.8) is 0 Å². The minimum atomic E-state index is -0.111. The van der Waals surface area contributed by atoms with Crippen LogP contribution >= 0.6 is 11.8 Å². The lowest BCUT2D eigenvalue weighted by atomic mass is 10.2. The Morgan fingerprint density at radius 3 is 2.67 bits per heavy atom. The lowest BCUT2D eigenvalue weighted by Crippen LogP contribution is -2.35. The van der Waals surface area contributed by atoms with E-state index in [2.05, 4.69) is 6.07 Å². The molecule has 0 saturated carbocycles. The Kier molecular flexibility index (Phi) is 3.88. The van der Waals surface area contributed by atoms with E-state index in [0.29, 0.717) is 0 Å². The first-order valence-electron chi connectivity index (χ1n) is 7.06. The summed E-state index contributed by atoms with van der Waals surface area (Å²) < 4.78 is 0. The summed E-state index contributed by atoms with van der Waals surface area (Å²) in [6.45, 7) is 2.75. The van der Waals surface area contributed by atoms with Crippen LogP contribution in [0.4, 0.5) is 11.4 Å². The molecule has 3 nitrogen and oxygen atoms in total. The number of carbonyl (C=O) groups excluding carboxylic acids is 1. The van der Waals surface area contributed by atoms with Crippen molar-refractivity contribution in [2.75, 3.05) is 17.2 Å². The first-order valence-corrected chi connectivity index (χ1v) is 7.94. The normalized spacial score (nSPS) is 14.8. The molecule has 0 aromatic heterocycles. The maximum atomic E-state index is 12.7. The number of amides is 1. The summed E-state index contributed by atoms with van der Waals surface area (Å²) in [5.74, 6) is 0.168. The zero-order valence-corrected chi connectivity index (χ0v) is 12.8. The smallest absolute Gasteiger partial charge is 0.240 e. The zero-order chi connectivity index (χ0) is 14.8. The molecule has 1 aliphatic heterocycles. The van der Waals surface area contributed by atoms with Crippen LogP contribution in [0.1, 0.15) is 12.5 Å². The fourth-order valence-corrected chi connectivity index (χ4v) is 3.52. The highest BCUT2D eigenvalue weighted by atomic mass is 32.2. The van der Waals surface area contributed by atoms with Gasteiger partial charge in [-0.05, 0) is 49.2 Å². The molecular weight excluding hydrogens is 280 g/mol. The molecule has 2 N–H and O–H groups in total. The maximum absolute atomic E-state index is 12.7. The van der Waals surface area contributed by atoms with Crippen molar-refractivity contribution >= 4 is 29.0 Å². The molecule has 108 valence electrons. The van der Waals surface area contributed by atoms with Gasteiger partial charge < -0.3 is 10.6 Å². The van der Waals surface area contributed by atoms with Gasteiger partial charge in [0, 0.05) is 22.8 Å². The van der Waals surface area contributed by atoms with Crippen LogP contribution in [0.5, 0.6) is 0 Å². The van der Waals surface area contributed by atoms with Crippen LogP contribution in [0.3, 0.4) is 0 Å². The van der Waals surface area contributed by atoms with Gasteiger partial charge >= 0.3 is 0 Å². The predicted octanol–water partition coefficient (Wildman–Crippen LogP) is 3.34. The van der Waals surface area contributed by atoms with E-state index in [-0.39, 0.29) is 11.2 Å². The summed E-state index contributed by atoms with van der Waals surface area (Å²) in [5, 5.41) is -0.111. The molecule has 21 heavy (non-hydrogen) atoms. The number of hydrogen-bond donors (Lipinski definition) is 1. The number of benzene rings is 2. The lowest BCUT2D eigenvalue weighted by Gasteiger charge is -2.21. The molecule has 4 heteroatoms. The van der Waals surface area contributed by atoms with Gasteiger partial charge in [-0.25, -0.2) is 0 Å². The first-order chi connectivity index (χ1) is 10.1. The van der Waals surface area contributed by atoms with Crippen LogP contribution in [0.2, 0.25) is 0 Å². The van der Waals surface area contributed by atoms with Gasteiger partial charge in [-0.2, -0.15) is 0 Å². The van der Waals surface area contributed by atoms with Crippen LogP contribution in [0.15, 0.2) is 53.4 Å². The fraction of sp³-hybridized carbons (Fsp3) is 0.235. The second kappa shape index (κ2) is 5.82.